The maximum Gasteiger partial charge on any atom is 0.191 e. The third-order valence-corrected chi connectivity index (χ3v) is 6.29. The second-order valence-electron chi connectivity index (χ2n) is 6.87. The van der Waals surface area contributed by atoms with Crippen LogP contribution >= 0.6 is 11.8 Å². The van der Waals surface area contributed by atoms with Gasteiger partial charge < -0.3 is 15.4 Å². The molecule has 2 aliphatic heterocycles. The zero-order valence-electron chi connectivity index (χ0n) is 15.9. The Bertz CT molecular complexity index is 569. The minimum atomic E-state index is 0.716. The van der Waals surface area contributed by atoms with Crippen LogP contribution in [0.3, 0.4) is 0 Å². The van der Waals surface area contributed by atoms with Crippen LogP contribution in [0.2, 0.25) is 0 Å². The number of nitrogens with zero attached hydrogens (tertiary/aromatic N) is 2. The van der Waals surface area contributed by atoms with Crippen molar-refractivity contribution < 1.29 is 4.74 Å². The summed E-state index contributed by atoms with van der Waals surface area (Å²) in [6.45, 7) is 9.42. The molecule has 0 spiro atoms. The van der Waals surface area contributed by atoms with Gasteiger partial charge in [0.25, 0.3) is 0 Å². The van der Waals surface area contributed by atoms with Crippen LogP contribution in [-0.4, -0.2) is 61.3 Å². The van der Waals surface area contributed by atoms with Crippen molar-refractivity contribution in [1.82, 2.24) is 15.5 Å². The van der Waals surface area contributed by atoms with Crippen LogP contribution in [0.15, 0.2) is 29.3 Å². The highest BCUT2D eigenvalue weighted by molar-refractivity contribution is 8.00. The van der Waals surface area contributed by atoms with Gasteiger partial charge in [0, 0.05) is 38.0 Å². The lowest BCUT2D eigenvalue weighted by molar-refractivity contribution is 0.0341. The van der Waals surface area contributed by atoms with E-state index < -0.39 is 0 Å². The van der Waals surface area contributed by atoms with Gasteiger partial charge in [-0.05, 0) is 36.6 Å². The van der Waals surface area contributed by atoms with Crippen molar-refractivity contribution in [2.45, 2.75) is 38.1 Å². The van der Waals surface area contributed by atoms with Crippen LogP contribution in [0.4, 0.5) is 0 Å². The number of nitrogens with one attached hydrogen (secondary N) is 2. The van der Waals surface area contributed by atoms with Crippen molar-refractivity contribution in [2.24, 2.45) is 4.99 Å². The first-order valence-corrected chi connectivity index (χ1v) is 10.9. The Morgan fingerprint density at radius 2 is 2.04 bits per heavy atom. The normalized spacial score (nSPS) is 21.7. The predicted molar refractivity (Wildman–Crippen MR) is 111 cm³/mol. The summed E-state index contributed by atoms with van der Waals surface area (Å²) < 4.78 is 5.46. The fraction of sp³-hybridized carbons (Fsp3) is 0.650. The van der Waals surface area contributed by atoms with Gasteiger partial charge in [0.1, 0.15) is 0 Å². The van der Waals surface area contributed by atoms with E-state index in [2.05, 4.69) is 58.5 Å². The molecule has 3 rings (SSSR count). The number of thioether (sulfide) groups is 1. The topological polar surface area (TPSA) is 48.9 Å². The number of benzene rings is 1. The second kappa shape index (κ2) is 10.8. The number of rotatable bonds is 7. The number of morpholine rings is 1. The molecule has 0 amide bonds. The summed E-state index contributed by atoms with van der Waals surface area (Å²) in [5, 5.41) is 7.63. The molecule has 2 heterocycles. The Morgan fingerprint density at radius 1 is 1.23 bits per heavy atom. The number of guanidine groups is 1. The van der Waals surface area contributed by atoms with Gasteiger partial charge in [0.15, 0.2) is 5.96 Å². The molecule has 0 saturated carbocycles. The molecule has 2 saturated heterocycles. The van der Waals surface area contributed by atoms with Gasteiger partial charge in [-0.3, -0.25) is 4.90 Å². The van der Waals surface area contributed by atoms with Gasteiger partial charge in [-0.25, -0.2) is 4.99 Å². The highest BCUT2D eigenvalue weighted by Crippen LogP contribution is 2.25. The molecule has 0 aliphatic carbocycles. The summed E-state index contributed by atoms with van der Waals surface area (Å²) in [5.74, 6) is 2.23. The maximum atomic E-state index is 5.46. The van der Waals surface area contributed by atoms with Crippen molar-refractivity contribution in [3.05, 3.63) is 35.4 Å². The van der Waals surface area contributed by atoms with E-state index >= 15 is 0 Å². The van der Waals surface area contributed by atoms with Gasteiger partial charge >= 0.3 is 0 Å². The van der Waals surface area contributed by atoms with E-state index in [1.807, 2.05) is 0 Å². The van der Waals surface area contributed by atoms with Crippen molar-refractivity contribution in [3.63, 3.8) is 0 Å². The Labute approximate surface area is 162 Å². The van der Waals surface area contributed by atoms with Crippen LogP contribution in [0, 0.1) is 0 Å². The molecule has 144 valence electrons. The summed E-state index contributed by atoms with van der Waals surface area (Å²) in [6.07, 6.45) is 2.67. The van der Waals surface area contributed by atoms with E-state index in [-0.39, 0.29) is 0 Å². The Balaban J connectivity index is 1.58. The summed E-state index contributed by atoms with van der Waals surface area (Å²) in [4.78, 5) is 7.31. The summed E-state index contributed by atoms with van der Waals surface area (Å²) in [5.41, 5.74) is 2.69. The van der Waals surface area contributed by atoms with Gasteiger partial charge in [-0.15, -0.1) is 0 Å². The molecular formula is C20H32N4OS. The fourth-order valence-electron chi connectivity index (χ4n) is 3.39. The van der Waals surface area contributed by atoms with Crippen LogP contribution in [0.1, 0.15) is 30.9 Å². The minimum Gasteiger partial charge on any atom is -0.379 e. The maximum absolute atomic E-state index is 5.46. The summed E-state index contributed by atoms with van der Waals surface area (Å²) in [6, 6.07) is 8.68. The highest BCUT2D eigenvalue weighted by Gasteiger charge is 2.16. The van der Waals surface area contributed by atoms with E-state index in [0.717, 1.165) is 57.1 Å². The molecule has 1 unspecified atom stereocenters. The second-order valence-corrected chi connectivity index (χ2v) is 8.28. The van der Waals surface area contributed by atoms with E-state index in [1.165, 1.54) is 29.7 Å². The Kier molecular flexibility index (Phi) is 8.11. The van der Waals surface area contributed by atoms with E-state index in [0.29, 0.717) is 6.54 Å². The SMILES string of the molecule is CCNC(=NCc1ccccc1CN1CCOCC1)NCC1CCCS1. The van der Waals surface area contributed by atoms with Gasteiger partial charge in [-0.1, -0.05) is 24.3 Å². The Hall–Kier alpha value is -1.24. The smallest absolute Gasteiger partial charge is 0.191 e. The molecule has 2 N–H and O–H groups in total. The lowest BCUT2D eigenvalue weighted by atomic mass is 10.1. The first-order chi connectivity index (χ1) is 12.8. The van der Waals surface area contributed by atoms with Crippen LogP contribution in [0.5, 0.6) is 0 Å². The Morgan fingerprint density at radius 3 is 2.77 bits per heavy atom. The highest BCUT2D eigenvalue weighted by atomic mass is 32.2. The van der Waals surface area contributed by atoms with E-state index in [1.54, 1.807) is 0 Å². The molecule has 26 heavy (non-hydrogen) atoms. The molecular weight excluding hydrogens is 344 g/mol. The largest absolute Gasteiger partial charge is 0.379 e. The van der Waals surface area contributed by atoms with Crippen molar-refractivity contribution in [2.75, 3.05) is 45.1 Å². The van der Waals surface area contributed by atoms with Gasteiger partial charge in [0.05, 0.1) is 19.8 Å². The first kappa shape index (κ1) is 19.5. The van der Waals surface area contributed by atoms with E-state index in [4.69, 9.17) is 9.73 Å². The first-order valence-electron chi connectivity index (χ1n) is 9.86. The molecule has 5 nitrogen and oxygen atoms in total. The third-order valence-electron chi connectivity index (χ3n) is 4.89. The summed E-state index contributed by atoms with van der Waals surface area (Å²) in [7, 11) is 0. The number of hydrogen-bond acceptors (Lipinski definition) is 4. The molecule has 1 atom stereocenters. The minimum absolute atomic E-state index is 0.716. The van der Waals surface area contributed by atoms with Gasteiger partial charge in [-0.2, -0.15) is 11.8 Å². The molecule has 1 aromatic carbocycles. The van der Waals surface area contributed by atoms with Crippen LogP contribution < -0.4 is 10.6 Å². The average Bonchev–Trinajstić information content (AvgIpc) is 3.19. The monoisotopic (exact) mass is 376 g/mol. The zero-order chi connectivity index (χ0) is 18.0. The van der Waals surface area contributed by atoms with Crippen LogP contribution in [-0.2, 0) is 17.8 Å². The van der Waals surface area contributed by atoms with Crippen LogP contribution in [0.25, 0.3) is 0 Å². The predicted octanol–water partition coefficient (Wildman–Crippen LogP) is 2.47. The fourth-order valence-corrected chi connectivity index (χ4v) is 4.59. The molecule has 2 aliphatic rings. The van der Waals surface area contributed by atoms with Crippen molar-refractivity contribution in [3.8, 4) is 0 Å². The number of hydrogen-bond donors (Lipinski definition) is 2. The molecule has 1 aromatic rings. The molecule has 0 radical (unpaired) electrons. The van der Waals surface area contributed by atoms with Crippen molar-refractivity contribution >= 4 is 17.7 Å². The zero-order valence-corrected chi connectivity index (χ0v) is 16.7. The third kappa shape index (κ3) is 6.18. The molecule has 0 aromatic heterocycles. The van der Waals surface area contributed by atoms with E-state index in [9.17, 15) is 0 Å². The number of aliphatic imine (C=N–C) groups is 1. The lowest BCUT2D eigenvalue weighted by Gasteiger charge is -2.27. The number of ether oxygens (including phenoxy) is 1. The molecule has 0 bridgehead atoms. The van der Waals surface area contributed by atoms with Crippen molar-refractivity contribution in [1.29, 1.82) is 0 Å². The molecule has 6 heteroatoms. The average molecular weight is 377 g/mol. The quantitative estimate of drug-likeness (QED) is 0.566. The summed E-state index contributed by atoms with van der Waals surface area (Å²) >= 11 is 2.08. The van der Waals surface area contributed by atoms with Gasteiger partial charge in [0.2, 0.25) is 0 Å². The lowest BCUT2D eigenvalue weighted by Crippen LogP contribution is -2.40. The standard InChI is InChI=1S/C20H32N4OS/c1-2-21-20(23-15-19-8-5-13-26-19)22-14-17-6-3-4-7-18(17)16-24-9-11-25-12-10-24/h3-4,6-7,19H,2,5,8-16H2,1H3,(H2,21,22,23). The molecule has 2 fully saturated rings.